The number of carbonyl (C=O) groups excluding carboxylic acids is 2. The molecule has 4 saturated carbocycles. The molecule has 0 aliphatic heterocycles. The Hall–Kier alpha value is -2.98. The molecule has 0 aromatic carbocycles. The second-order valence-corrected chi connectivity index (χ2v) is 10.2. The molecule has 0 saturated heterocycles. The normalized spacial score (nSPS) is 31.2. The number of nitrogens with zero attached hydrogens (tertiary/aromatic N) is 3. The number of H-pyrrole nitrogens is 1. The number of aromatic nitrogens is 4. The fourth-order valence-electron chi connectivity index (χ4n) is 6.79. The van der Waals surface area contributed by atoms with Crippen molar-refractivity contribution < 1.29 is 19.8 Å². The molecule has 3 aromatic heterocycles. The highest BCUT2D eigenvalue weighted by atomic mass is 16.3. The van der Waals surface area contributed by atoms with Gasteiger partial charge in [-0.25, -0.2) is 4.98 Å². The lowest BCUT2D eigenvalue weighted by Gasteiger charge is -2.57. The van der Waals surface area contributed by atoms with Crippen molar-refractivity contribution in [2.24, 2.45) is 17.8 Å². The molecule has 3 aromatic rings. The fourth-order valence-corrected chi connectivity index (χ4v) is 6.79. The minimum Gasteiger partial charge on any atom is -0.394 e. The lowest BCUT2D eigenvalue weighted by atomic mass is 9.52. The van der Waals surface area contributed by atoms with Crippen LogP contribution in [0.1, 0.15) is 45.1 Å². The van der Waals surface area contributed by atoms with Crippen LogP contribution in [0.3, 0.4) is 0 Å². The van der Waals surface area contributed by atoms with Crippen molar-refractivity contribution in [1.29, 1.82) is 0 Å². The van der Waals surface area contributed by atoms with Gasteiger partial charge in [0, 0.05) is 23.8 Å². The molecule has 6 atom stereocenters. The van der Waals surface area contributed by atoms with Gasteiger partial charge in [-0.05, 0) is 62.8 Å². The van der Waals surface area contributed by atoms with Crippen LogP contribution in [-0.2, 0) is 9.59 Å². The van der Waals surface area contributed by atoms with E-state index in [0.29, 0.717) is 29.0 Å². The van der Waals surface area contributed by atoms with Crippen molar-refractivity contribution in [2.45, 2.75) is 56.7 Å². The second-order valence-electron chi connectivity index (χ2n) is 10.2. The maximum atomic E-state index is 12.6. The van der Waals surface area contributed by atoms with E-state index in [1.54, 1.807) is 13.1 Å². The number of amides is 2. The molecule has 3 heterocycles. The van der Waals surface area contributed by atoms with Crippen molar-refractivity contribution in [3.8, 4) is 0 Å². The standard InChI is InChI=1S/C23H28N6O4/c1-11(10-30)26-21(31)22(32)27-20-16-9-25-19-15(2-3-24-19)18(16)29(28-20)17-13-4-12-5-14(17)8-23(33,6-12)7-13/h2-3,9,11-14,17,30,33H,4-8,10H2,1H3,(H,24,25)(H,26,31)(H,27,28,32)/t11-,12?,13-,14+,17+,23-/m0/s1. The number of hydrogen-bond donors (Lipinski definition) is 5. The predicted octanol–water partition coefficient (Wildman–Crippen LogP) is 1.46. The van der Waals surface area contributed by atoms with Gasteiger partial charge in [-0.3, -0.25) is 14.3 Å². The highest BCUT2D eigenvalue weighted by Gasteiger charge is 2.55. The van der Waals surface area contributed by atoms with Crippen LogP contribution in [-0.4, -0.2) is 60.0 Å². The Bertz CT molecular complexity index is 1250. The third-order valence-electron chi connectivity index (χ3n) is 7.81. The van der Waals surface area contributed by atoms with E-state index in [4.69, 9.17) is 10.2 Å². The Morgan fingerprint density at radius 2 is 2.00 bits per heavy atom. The number of aliphatic hydroxyl groups is 2. The molecule has 2 amide bonds. The molecule has 10 nitrogen and oxygen atoms in total. The molecular formula is C23H28N6O4. The minimum atomic E-state index is -0.838. The number of anilines is 1. The summed E-state index contributed by atoms with van der Waals surface area (Å²) in [5.41, 5.74) is 1.06. The van der Waals surface area contributed by atoms with Gasteiger partial charge in [-0.15, -0.1) is 0 Å². The number of nitrogens with one attached hydrogen (secondary N) is 3. The zero-order valence-electron chi connectivity index (χ0n) is 18.4. The number of fused-ring (bicyclic) bond motifs is 3. The van der Waals surface area contributed by atoms with Gasteiger partial charge < -0.3 is 25.8 Å². The summed E-state index contributed by atoms with van der Waals surface area (Å²) in [6.07, 6.45) is 8.11. The largest absolute Gasteiger partial charge is 0.394 e. The highest BCUT2D eigenvalue weighted by molar-refractivity contribution is 6.40. The Balaban J connectivity index is 1.42. The van der Waals surface area contributed by atoms with Crippen LogP contribution in [0.5, 0.6) is 0 Å². The Kier molecular flexibility index (Phi) is 4.54. The van der Waals surface area contributed by atoms with Crippen molar-refractivity contribution in [3.63, 3.8) is 0 Å². The predicted molar refractivity (Wildman–Crippen MR) is 120 cm³/mol. The third-order valence-corrected chi connectivity index (χ3v) is 7.81. The van der Waals surface area contributed by atoms with E-state index in [0.717, 1.165) is 48.7 Å². The summed E-state index contributed by atoms with van der Waals surface area (Å²) in [5, 5.41) is 31.7. The maximum Gasteiger partial charge on any atom is 0.314 e. The first-order valence-corrected chi connectivity index (χ1v) is 11.6. The monoisotopic (exact) mass is 452 g/mol. The van der Waals surface area contributed by atoms with Gasteiger partial charge in [0.15, 0.2) is 5.82 Å². The number of rotatable bonds is 4. The zero-order valence-corrected chi connectivity index (χ0v) is 18.4. The summed E-state index contributed by atoms with van der Waals surface area (Å²) >= 11 is 0. The summed E-state index contributed by atoms with van der Waals surface area (Å²) < 4.78 is 2.02. The summed E-state index contributed by atoms with van der Waals surface area (Å²) in [6, 6.07) is 1.55. The molecule has 10 heteroatoms. The Labute approximate surface area is 189 Å². The topological polar surface area (TPSA) is 145 Å². The first kappa shape index (κ1) is 20.6. The van der Waals surface area contributed by atoms with Gasteiger partial charge in [0.05, 0.1) is 29.2 Å². The molecule has 174 valence electrons. The second kappa shape index (κ2) is 7.26. The minimum absolute atomic E-state index is 0.124. The summed E-state index contributed by atoms with van der Waals surface area (Å²) in [5.74, 6) is -0.157. The Morgan fingerprint density at radius 3 is 2.70 bits per heavy atom. The van der Waals surface area contributed by atoms with E-state index >= 15 is 0 Å². The van der Waals surface area contributed by atoms with Crippen LogP contribution in [0.15, 0.2) is 18.5 Å². The molecule has 4 fully saturated rings. The van der Waals surface area contributed by atoms with Crippen molar-refractivity contribution in [2.75, 3.05) is 11.9 Å². The molecule has 33 heavy (non-hydrogen) atoms. The van der Waals surface area contributed by atoms with Crippen molar-refractivity contribution in [3.05, 3.63) is 18.5 Å². The van der Waals surface area contributed by atoms with E-state index in [1.165, 1.54) is 0 Å². The zero-order chi connectivity index (χ0) is 22.9. The average molecular weight is 453 g/mol. The average Bonchev–Trinajstić information content (AvgIpc) is 3.37. The fraction of sp³-hybridized carbons (Fsp3) is 0.565. The van der Waals surface area contributed by atoms with Crippen LogP contribution in [0, 0.1) is 17.8 Å². The van der Waals surface area contributed by atoms with Gasteiger partial charge in [-0.1, -0.05) is 0 Å². The maximum absolute atomic E-state index is 12.6. The van der Waals surface area contributed by atoms with Gasteiger partial charge in [0.25, 0.3) is 0 Å². The van der Waals surface area contributed by atoms with Gasteiger partial charge >= 0.3 is 11.8 Å². The smallest absolute Gasteiger partial charge is 0.314 e. The number of pyridine rings is 1. The van der Waals surface area contributed by atoms with E-state index < -0.39 is 23.5 Å². The van der Waals surface area contributed by atoms with Crippen molar-refractivity contribution >= 4 is 39.6 Å². The number of aromatic amines is 1. The van der Waals surface area contributed by atoms with Crippen LogP contribution in [0.2, 0.25) is 0 Å². The number of hydrogen-bond acceptors (Lipinski definition) is 6. The lowest BCUT2D eigenvalue weighted by Crippen LogP contribution is -2.55. The molecule has 4 bridgehead atoms. The van der Waals surface area contributed by atoms with Crippen LogP contribution in [0.25, 0.3) is 21.9 Å². The summed E-state index contributed by atoms with van der Waals surface area (Å²) in [6.45, 7) is 1.35. The molecule has 4 aliphatic rings. The van der Waals surface area contributed by atoms with E-state index in [2.05, 4.69) is 20.6 Å². The van der Waals surface area contributed by atoms with Crippen LogP contribution < -0.4 is 10.6 Å². The quantitative estimate of drug-likeness (QED) is 0.379. The highest BCUT2D eigenvalue weighted by Crippen LogP contribution is 2.60. The molecule has 1 unspecified atom stereocenters. The van der Waals surface area contributed by atoms with Gasteiger partial charge in [0.2, 0.25) is 0 Å². The summed E-state index contributed by atoms with van der Waals surface area (Å²) in [4.78, 5) is 32.4. The lowest BCUT2D eigenvalue weighted by molar-refractivity contribution is -0.148. The third kappa shape index (κ3) is 3.23. The molecule has 5 N–H and O–H groups in total. The first-order chi connectivity index (χ1) is 15.8. The number of aliphatic hydroxyl groups excluding tert-OH is 1. The SMILES string of the molecule is C[C@@H](CO)NC(=O)C(=O)Nc1nn([C@H]2[C@@H]3CC4C[C@H]2C[C@@](O)(C4)C3)c2c1cnc1[nH]ccc12. The van der Waals surface area contributed by atoms with Gasteiger partial charge in [-0.2, -0.15) is 5.10 Å². The van der Waals surface area contributed by atoms with E-state index in [9.17, 15) is 14.7 Å². The molecule has 0 radical (unpaired) electrons. The summed E-state index contributed by atoms with van der Waals surface area (Å²) in [7, 11) is 0. The number of carbonyl (C=O) groups is 2. The molecule has 0 spiro atoms. The van der Waals surface area contributed by atoms with E-state index in [1.807, 2.05) is 16.9 Å². The van der Waals surface area contributed by atoms with E-state index in [-0.39, 0.29) is 12.6 Å². The van der Waals surface area contributed by atoms with Crippen LogP contribution in [0.4, 0.5) is 5.82 Å². The molecule has 7 rings (SSSR count). The Morgan fingerprint density at radius 1 is 1.24 bits per heavy atom. The van der Waals surface area contributed by atoms with Crippen molar-refractivity contribution in [1.82, 2.24) is 25.1 Å². The molecular weight excluding hydrogens is 424 g/mol. The first-order valence-electron chi connectivity index (χ1n) is 11.6. The van der Waals surface area contributed by atoms with Gasteiger partial charge in [0.1, 0.15) is 5.65 Å². The van der Waals surface area contributed by atoms with Crippen LogP contribution >= 0.6 is 0 Å². The molecule has 4 aliphatic carbocycles.